The fourth-order valence-electron chi connectivity index (χ4n) is 8.68. The molecule has 0 aliphatic heterocycles. The molecule has 0 fully saturated rings. The van der Waals surface area contributed by atoms with Crippen molar-refractivity contribution in [1.29, 1.82) is 0 Å². The first kappa shape index (κ1) is 31.9. The van der Waals surface area contributed by atoms with E-state index in [-0.39, 0.29) is 5.41 Å². The van der Waals surface area contributed by atoms with Crippen molar-refractivity contribution in [3.63, 3.8) is 0 Å². The molecule has 4 heteroatoms. The predicted octanol–water partition coefficient (Wildman–Crippen LogP) is 14.3. The number of thiophene rings is 1. The molecule has 0 radical (unpaired) electrons. The summed E-state index contributed by atoms with van der Waals surface area (Å²) in [4.78, 5) is 13.2. The van der Waals surface area contributed by atoms with Crippen molar-refractivity contribution >= 4 is 70.5 Å². The fourth-order valence-corrected chi connectivity index (χ4v) is 9.93. The lowest BCUT2D eigenvalue weighted by molar-refractivity contribution is 0.660. The third-order valence-electron chi connectivity index (χ3n) is 11.5. The Hall–Kier alpha value is -6.62. The van der Waals surface area contributed by atoms with Crippen LogP contribution in [0, 0.1) is 0 Å². The topological polar surface area (TPSA) is 29.0 Å². The second kappa shape index (κ2) is 12.2. The van der Waals surface area contributed by atoms with Gasteiger partial charge in [0.15, 0.2) is 0 Å². The maximum Gasteiger partial charge on any atom is 0.235 e. The quantitative estimate of drug-likeness (QED) is 0.177. The summed E-state index contributed by atoms with van der Waals surface area (Å²) in [5.41, 5.74) is 12.4. The van der Waals surface area contributed by atoms with Gasteiger partial charge in [-0.25, -0.2) is 9.97 Å². The van der Waals surface area contributed by atoms with Gasteiger partial charge in [0, 0.05) is 47.9 Å². The highest BCUT2D eigenvalue weighted by Gasteiger charge is 2.36. The largest absolute Gasteiger partial charge is 0.279 e. The molecule has 11 rings (SSSR count). The van der Waals surface area contributed by atoms with Crippen molar-refractivity contribution in [1.82, 2.24) is 9.97 Å². The van der Waals surface area contributed by atoms with E-state index in [2.05, 4.69) is 195 Å². The van der Waals surface area contributed by atoms with E-state index in [0.717, 1.165) is 33.5 Å². The molecule has 8 aromatic carbocycles. The Morgan fingerprint density at radius 2 is 1.13 bits per heavy atom. The molecule has 0 unspecified atom stereocenters. The zero-order valence-corrected chi connectivity index (χ0v) is 31.3. The number of rotatable bonds is 5. The smallest absolute Gasteiger partial charge is 0.235 e. The van der Waals surface area contributed by atoms with Gasteiger partial charge in [-0.2, -0.15) is 0 Å². The van der Waals surface area contributed by atoms with Gasteiger partial charge in [-0.15, -0.1) is 11.3 Å². The molecule has 0 amide bonds. The SMILES string of the molecule is CC1(C)c2ccccc2-c2ccc(N(c3ccc(-c4ccccc4)cc3)c3nc(-c4cccc5c4sc4cc6ccccc6cc45)c4ccccc4n3)cc21. The third-order valence-corrected chi connectivity index (χ3v) is 12.7. The van der Waals surface area contributed by atoms with E-state index >= 15 is 0 Å². The first-order valence-electron chi connectivity index (χ1n) is 18.8. The van der Waals surface area contributed by atoms with Crippen LogP contribution in [0.2, 0.25) is 0 Å². The van der Waals surface area contributed by atoms with Gasteiger partial charge in [0.2, 0.25) is 5.95 Å². The normalized spacial score (nSPS) is 13.1. The van der Waals surface area contributed by atoms with Crippen LogP contribution in [0.3, 0.4) is 0 Å². The summed E-state index contributed by atoms with van der Waals surface area (Å²) in [6.45, 7) is 4.67. The van der Waals surface area contributed by atoms with Crippen LogP contribution in [0.25, 0.3) is 75.4 Å². The van der Waals surface area contributed by atoms with Crippen molar-refractivity contribution in [3.8, 4) is 33.5 Å². The van der Waals surface area contributed by atoms with E-state index in [0.29, 0.717) is 5.95 Å². The summed E-state index contributed by atoms with van der Waals surface area (Å²) in [6.07, 6.45) is 0. The summed E-state index contributed by atoms with van der Waals surface area (Å²) >= 11 is 1.85. The Morgan fingerprint density at radius 1 is 0.473 bits per heavy atom. The number of nitrogens with zero attached hydrogens (tertiary/aromatic N) is 3. The lowest BCUT2D eigenvalue weighted by Crippen LogP contribution is -2.17. The summed E-state index contributed by atoms with van der Waals surface area (Å²) in [5.74, 6) is 0.637. The average molecular weight is 722 g/mol. The van der Waals surface area contributed by atoms with Crippen LogP contribution in [-0.4, -0.2) is 9.97 Å². The van der Waals surface area contributed by atoms with Crippen LogP contribution < -0.4 is 4.90 Å². The molecule has 0 atom stereocenters. The minimum absolute atomic E-state index is 0.151. The number of aromatic nitrogens is 2. The van der Waals surface area contributed by atoms with E-state index in [1.54, 1.807) is 0 Å². The average Bonchev–Trinajstić information content (AvgIpc) is 3.71. The van der Waals surface area contributed by atoms with E-state index in [4.69, 9.17) is 9.97 Å². The Balaban J connectivity index is 1.14. The van der Waals surface area contributed by atoms with Crippen LogP contribution in [0.1, 0.15) is 25.0 Å². The molecule has 0 saturated carbocycles. The molecule has 0 N–H and O–H groups in total. The zero-order chi connectivity index (χ0) is 36.7. The second-order valence-corrected chi connectivity index (χ2v) is 16.1. The van der Waals surface area contributed by atoms with Gasteiger partial charge in [-0.05, 0) is 86.6 Å². The maximum absolute atomic E-state index is 5.57. The number of fused-ring (bicyclic) bond motifs is 8. The van der Waals surface area contributed by atoms with Crippen LogP contribution >= 0.6 is 11.3 Å². The minimum Gasteiger partial charge on any atom is -0.279 e. The van der Waals surface area contributed by atoms with E-state index in [1.807, 2.05) is 11.3 Å². The monoisotopic (exact) mass is 721 g/mol. The zero-order valence-electron chi connectivity index (χ0n) is 30.5. The number of para-hydroxylation sites is 1. The molecule has 2 aromatic heterocycles. The van der Waals surface area contributed by atoms with Crippen molar-refractivity contribution < 1.29 is 0 Å². The lowest BCUT2D eigenvalue weighted by atomic mass is 9.82. The van der Waals surface area contributed by atoms with Crippen LogP contribution in [0.15, 0.2) is 176 Å². The van der Waals surface area contributed by atoms with Gasteiger partial charge in [0.05, 0.1) is 11.2 Å². The van der Waals surface area contributed by atoms with Crippen LogP contribution in [0.4, 0.5) is 17.3 Å². The number of anilines is 3. The van der Waals surface area contributed by atoms with Crippen molar-refractivity contribution in [2.75, 3.05) is 4.90 Å². The number of hydrogen-bond donors (Lipinski definition) is 0. The van der Waals surface area contributed by atoms with Gasteiger partial charge in [0.1, 0.15) is 0 Å². The highest BCUT2D eigenvalue weighted by molar-refractivity contribution is 7.26. The molecule has 0 bridgehead atoms. The molecule has 2 heterocycles. The van der Waals surface area contributed by atoms with Crippen molar-refractivity contribution in [3.05, 3.63) is 187 Å². The second-order valence-electron chi connectivity index (χ2n) is 15.0. The minimum atomic E-state index is -0.151. The van der Waals surface area contributed by atoms with Crippen LogP contribution in [0.5, 0.6) is 0 Å². The Kier molecular flexibility index (Phi) is 7.07. The standard InChI is InChI=1S/C51H35N3S/c1-51(2)44-21-10-8-17-38(44)39-28-27-37(31-45(39)51)54(36-25-23-33(24-26-36)32-13-4-3-5-14-32)50-52-46-22-11-9-18-41(46)48(53-50)42-20-12-19-40-43-29-34-15-6-7-16-35(34)30-47(43)55-49(40)42/h3-31H,1-2H3. The van der Waals surface area contributed by atoms with Gasteiger partial charge in [-0.1, -0.05) is 147 Å². The molecular weight excluding hydrogens is 687 g/mol. The Bertz CT molecular complexity index is 3120. The molecular formula is C51H35N3S. The highest BCUT2D eigenvalue weighted by atomic mass is 32.1. The van der Waals surface area contributed by atoms with E-state index in [1.165, 1.54) is 64.3 Å². The number of benzene rings is 8. The molecule has 55 heavy (non-hydrogen) atoms. The Labute approximate surface area is 323 Å². The van der Waals surface area contributed by atoms with E-state index < -0.39 is 0 Å². The maximum atomic E-state index is 5.57. The van der Waals surface area contributed by atoms with Gasteiger partial charge in [0.25, 0.3) is 0 Å². The predicted molar refractivity (Wildman–Crippen MR) is 233 cm³/mol. The van der Waals surface area contributed by atoms with Gasteiger partial charge in [-0.3, -0.25) is 4.90 Å². The molecule has 1 aliphatic rings. The molecule has 3 nitrogen and oxygen atoms in total. The summed E-state index contributed by atoms with van der Waals surface area (Å²) < 4.78 is 2.51. The van der Waals surface area contributed by atoms with Gasteiger partial charge < -0.3 is 0 Å². The summed E-state index contributed by atoms with van der Waals surface area (Å²) in [5, 5.41) is 6.07. The highest BCUT2D eigenvalue weighted by Crippen LogP contribution is 2.51. The Morgan fingerprint density at radius 3 is 1.98 bits per heavy atom. The van der Waals surface area contributed by atoms with Crippen molar-refractivity contribution in [2.24, 2.45) is 0 Å². The summed E-state index contributed by atoms with van der Waals surface area (Å²) in [6, 6.07) is 63.4. The van der Waals surface area contributed by atoms with Crippen LogP contribution in [-0.2, 0) is 5.41 Å². The van der Waals surface area contributed by atoms with E-state index in [9.17, 15) is 0 Å². The number of hydrogen-bond acceptors (Lipinski definition) is 4. The molecule has 1 aliphatic carbocycles. The summed E-state index contributed by atoms with van der Waals surface area (Å²) in [7, 11) is 0. The third kappa shape index (κ3) is 5.02. The van der Waals surface area contributed by atoms with Crippen molar-refractivity contribution in [2.45, 2.75) is 19.3 Å². The first-order chi connectivity index (χ1) is 27.0. The molecule has 0 spiro atoms. The van der Waals surface area contributed by atoms with Gasteiger partial charge >= 0.3 is 0 Å². The molecule has 260 valence electrons. The molecule has 0 saturated heterocycles. The first-order valence-corrected chi connectivity index (χ1v) is 19.6. The molecule has 10 aromatic rings. The lowest BCUT2D eigenvalue weighted by Gasteiger charge is -2.27. The fraction of sp³-hybridized carbons (Fsp3) is 0.0588.